The van der Waals surface area contributed by atoms with Crippen molar-refractivity contribution >= 4 is 38.4 Å². The van der Waals surface area contributed by atoms with Crippen LogP contribution in [0.4, 0.5) is 17.3 Å². The lowest BCUT2D eigenvalue weighted by molar-refractivity contribution is 0.475. The van der Waals surface area contributed by atoms with Gasteiger partial charge in [-0.1, -0.05) is 30.3 Å². The smallest absolute Gasteiger partial charge is 0.263 e. The van der Waals surface area contributed by atoms with Gasteiger partial charge in [0.2, 0.25) is 0 Å². The van der Waals surface area contributed by atoms with Crippen molar-refractivity contribution in [2.45, 2.75) is 11.8 Å². The van der Waals surface area contributed by atoms with Crippen molar-refractivity contribution in [2.75, 3.05) is 10.0 Å². The lowest BCUT2D eigenvalue weighted by atomic mass is 10.2. The van der Waals surface area contributed by atoms with Crippen molar-refractivity contribution in [1.82, 2.24) is 9.97 Å². The predicted molar refractivity (Wildman–Crippen MR) is 113 cm³/mol. The highest BCUT2D eigenvalue weighted by Gasteiger charge is 2.19. The van der Waals surface area contributed by atoms with E-state index in [0.29, 0.717) is 16.7 Å². The minimum Gasteiger partial charge on any atom is -0.508 e. The van der Waals surface area contributed by atoms with Crippen LogP contribution in [0.15, 0.2) is 77.7 Å². The van der Waals surface area contributed by atoms with E-state index in [0.717, 1.165) is 5.56 Å². The van der Waals surface area contributed by atoms with Gasteiger partial charge in [0, 0.05) is 11.8 Å². The zero-order valence-corrected chi connectivity index (χ0v) is 16.3. The van der Waals surface area contributed by atoms with Gasteiger partial charge in [-0.3, -0.25) is 4.72 Å². The Hall–Kier alpha value is -3.65. The van der Waals surface area contributed by atoms with Crippen molar-refractivity contribution in [1.29, 1.82) is 0 Å². The van der Waals surface area contributed by atoms with Crippen molar-refractivity contribution < 1.29 is 13.5 Å². The Balaban J connectivity index is 1.79. The molecule has 0 aliphatic rings. The van der Waals surface area contributed by atoms with Crippen LogP contribution in [0.3, 0.4) is 0 Å². The Bertz CT molecular complexity index is 1310. The molecular weight excluding hydrogens is 388 g/mol. The van der Waals surface area contributed by atoms with Crippen molar-refractivity contribution in [2.24, 2.45) is 0 Å². The molecule has 29 heavy (non-hydrogen) atoms. The third-order valence-electron chi connectivity index (χ3n) is 4.21. The molecule has 0 saturated heterocycles. The molecule has 0 amide bonds. The number of phenols is 1. The lowest BCUT2D eigenvalue weighted by Gasteiger charge is -2.14. The standard InChI is InChI=1S/C21H18N4O3S/c1-14-6-4-9-17(12-14)29(27,28)25-21-20(22-15-7-5-8-16(26)13-15)23-18-10-2-3-11-19(18)24-21/h2-13,26H,1H3,(H,22,23)(H,24,25). The number of rotatable bonds is 5. The molecule has 3 aromatic carbocycles. The summed E-state index contributed by atoms with van der Waals surface area (Å²) >= 11 is 0. The van der Waals surface area contributed by atoms with Gasteiger partial charge < -0.3 is 10.4 Å². The number of sulfonamides is 1. The van der Waals surface area contributed by atoms with Crippen LogP contribution in [0.2, 0.25) is 0 Å². The Labute approximate surface area is 168 Å². The summed E-state index contributed by atoms with van der Waals surface area (Å²) in [6.45, 7) is 1.82. The van der Waals surface area contributed by atoms with E-state index < -0.39 is 10.0 Å². The second kappa shape index (κ2) is 7.40. The highest BCUT2D eigenvalue weighted by Crippen LogP contribution is 2.28. The van der Waals surface area contributed by atoms with Crippen LogP contribution in [0.5, 0.6) is 5.75 Å². The van der Waals surface area contributed by atoms with Gasteiger partial charge in [-0.25, -0.2) is 18.4 Å². The maximum absolute atomic E-state index is 12.9. The molecule has 3 N–H and O–H groups in total. The maximum atomic E-state index is 12.9. The summed E-state index contributed by atoms with van der Waals surface area (Å²) in [5, 5.41) is 12.7. The monoisotopic (exact) mass is 406 g/mol. The zero-order valence-electron chi connectivity index (χ0n) is 15.5. The van der Waals surface area contributed by atoms with Crippen molar-refractivity contribution in [3.8, 4) is 5.75 Å². The summed E-state index contributed by atoms with van der Waals surface area (Å²) in [6.07, 6.45) is 0. The zero-order chi connectivity index (χ0) is 20.4. The summed E-state index contributed by atoms with van der Waals surface area (Å²) in [5.74, 6) is 0.365. The van der Waals surface area contributed by atoms with Crippen LogP contribution in [-0.2, 0) is 10.0 Å². The number of para-hydroxylation sites is 2. The van der Waals surface area contributed by atoms with Gasteiger partial charge in [0.1, 0.15) is 5.75 Å². The van der Waals surface area contributed by atoms with E-state index in [2.05, 4.69) is 20.0 Å². The molecule has 1 heterocycles. The van der Waals surface area contributed by atoms with Crippen LogP contribution in [-0.4, -0.2) is 23.5 Å². The molecule has 0 aliphatic heterocycles. The summed E-state index contributed by atoms with van der Waals surface area (Å²) in [7, 11) is -3.87. The number of aryl methyl sites for hydroxylation is 1. The number of hydrogen-bond acceptors (Lipinski definition) is 6. The maximum Gasteiger partial charge on any atom is 0.263 e. The minimum atomic E-state index is -3.87. The highest BCUT2D eigenvalue weighted by molar-refractivity contribution is 7.92. The normalized spacial score (nSPS) is 11.3. The fraction of sp³-hybridized carbons (Fsp3) is 0.0476. The highest BCUT2D eigenvalue weighted by atomic mass is 32.2. The molecule has 0 radical (unpaired) electrons. The van der Waals surface area contributed by atoms with E-state index in [1.165, 1.54) is 12.1 Å². The summed E-state index contributed by atoms with van der Waals surface area (Å²) in [6, 6.07) is 20.2. The van der Waals surface area contributed by atoms with Crippen LogP contribution < -0.4 is 10.0 Å². The third kappa shape index (κ3) is 4.12. The first kappa shape index (κ1) is 18.7. The molecule has 0 aliphatic carbocycles. The molecule has 4 aromatic rings. The van der Waals surface area contributed by atoms with Gasteiger partial charge in [-0.2, -0.15) is 0 Å². The second-order valence-electron chi connectivity index (χ2n) is 6.51. The first-order chi connectivity index (χ1) is 13.9. The summed E-state index contributed by atoms with van der Waals surface area (Å²) in [5.41, 5.74) is 2.53. The van der Waals surface area contributed by atoms with E-state index in [-0.39, 0.29) is 22.3 Å². The number of aromatic nitrogens is 2. The number of hydrogen-bond donors (Lipinski definition) is 3. The van der Waals surface area contributed by atoms with E-state index in [9.17, 15) is 13.5 Å². The average Bonchev–Trinajstić information content (AvgIpc) is 2.68. The van der Waals surface area contributed by atoms with Crippen LogP contribution in [0.25, 0.3) is 11.0 Å². The fourth-order valence-electron chi connectivity index (χ4n) is 2.85. The first-order valence-electron chi connectivity index (χ1n) is 8.83. The van der Waals surface area contributed by atoms with Gasteiger partial charge in [0.05, 0.1) is 15.9 Å². The fourth-order valence-corrected chi connectivity index (χ4v) is 3.96. The van der Waals surface area contributed by atoms with Crippen molar-refractivity contribution in [3.63, 3.8) is 0 Å². The minimum absolute atomic E-state index is 0.0635. The Morgan fingerprint density at radius 2 is 1.52 bits per heavy atom. The van der Waals surface area contributed by atoms with Crippen LogP contribution in [0, 0.1) is 6.92 Å². The molecule has 0 saturated carbocycles. The number of aromatic hydroxyl groups is 1. The molecule has 4 rings (SSSR count). The third-order valence-corrected chi connectivity index (χ3v) is 5.55. The van der Waals surface area contributed by atoms with Gasteiger partial charge in [-0.15, -0.1) is 0 Å². The molecular formula is C21H18N4O3S. The van der Waals surface area contributed by atoms with Gasteiger partial charge >= 0.3 is 0 Å². The van der Waals surface area contributed by atoms with E-state index in [1.54, 1.807) is 48.5 Å². The number of anilines is 3. The lowest BCUT2D eigenvalue weighted by Crippen LogP contribution is -2.16. The summed E-state index contributed by atoms with van der Waals surface area (Å²) < 4.78 is 28.3. The number of phenolic OH excluding ortho intramolecular Hbond substituents is 1. The second-order valence-corrected chi connectivity index (χ2v) is 8.19. The van der Waals surface area contributed by atoms with Crippen LogP contribution in [0.1, 0.15) is 5.56 Å². The Morgan fingerprint density at radius 3 is 2.21 bits per heavy atom. The van der Waals surface area contributed by atoms with E-state index >= 15 is 0 Å². The quantitative estimate of drug-likeness (QED) is 0.459. The SMILES string of the molecule is Cc1cccc(S(=O)(=O)Nc2nc3ccccc3nc2Nc2cccc(O)c2)c1. The molecule has 0 spiro atoms. The number of benzene rings is 3. The first-order valence-corrected chi connectivity index (χ1v) is 10.3. The topological polar surface area (TPSA) is 104 Å². The summed E-state index contributed by atoms with van der Waals surface area (Å²) in [4.78, 5) is 9.10. The Kier molecular flexibility index (Phi) is 4.77. The molecule has 7 nitrogen and oxygen atoms in total. The molecule has 8 heteroatoms. The predicted octanol–water partition coefficient (Wildman–Crippen LogP) is 4.19. The van der Waals surface area contributed by atoms with E-state index in [4.69, 9.17) is 0 Å². The molecule has 0 unspecified atom stereocenters. The van der Waals surface area contributed by atoms with E-state index in [1.807, 2.05) is 19.1 Å². The molecule has 1 aromatic heterocycles. The molecule has 0 atom stereocenters. The van der Waals surface area contributed by atoms with Gasteiger partial charge in [-0.05, 0) is 48.9 Å². The van der Waals surface area contributed by atoms with Crippen molar-refractivity contribution in [3.05, 3.63) is 78.4 Å². The van der Waals surface area contributed by atoms with Gasteiger partial charge in [0.25, 0.3) is 10.0 Å². The average molecular weight is 406 g/mol. The Morgan fingerprint density at radius 1 is 0.828 bits per heavy atom. The largest absolute Gasteiger partial charge is 0.508 e. The molecule has 0 fully saturated rings. The number of fused-ring (bicyclic) bond motifs is 1. The molecule has 0 bridgehead atoms. The number of nitrogens with one attached hydrogen (secondary N) is 2. The van der Waals surface area contributed by atoms with Gasteiger partial charge in [0.15, 0.2) is 11.6 Å². The molecule has 146 valence electrons. The number of nitrogens with zero attached hydrogens (tertiary/aromatic N) is 2. The van der Waals surface area contributed by atoms with Crippen LogP contribution >= 0.6 is 0 Å².